The molecule has 0 bridgehead atoms. The summed E-state index contributed by atoms with van der Waals surface area (Å²) in [5.41, 5.74) is -0.498. The van der Waals surface area contributed by atoms with E-state index in [2.05, 4.69) is 38.7 Å². The molecule has 0 aromatic carbocycles. The van der Waals surface area contributed by atoms with Crippen LogP contribution in [-0.4, -0.2) is 56.1 Å². The normalized spacial score (nSPS) is 28.1. The second-order valence-electron chi connectivity index (χ2n) is 5.97. The molecule has 102 valence electrons. The molecule has 0 amide bonds. The minimum absolute atomic E-state index is 0.226. The minimum Gasteiger partial charge on any atom is -0.400 e. The van der Waals surface area contributed by atoms with Gasteiger partial charge in [-0.1, -0.05) is 12.1 Å². The van der Waals surface area contributed by atoms with Crippen molar-refractivity contribution in [1.82, 2.24) is 4.90 Å². The minimum atomic E-state index is -0.249. The first kappa shape index (κ1) is 14.1. The lowest BCUT2D eigenvalue weighted by molar-refractivity contribution is 0.00578. The molecule has 4 nitrogen and oxygen atoms in total. The number of rotatable bonds is 3. The molecule has 2 fully saturated rings. The van der Waals surface area contributed by atoms with Gasteiger partial charge in [-0.05, 0) is 27.7 Å². The summed E-state index contributed by atoms with van der Waals surface area (Å²) in [4.78, 5) is 2.37. The molecule has 2 rings (SSSR count). The average Bonchev–Trinajstić information content (AvgIpc) is 2.49. The van der Waals surface area contributed by atoms with Crippen molar-refractivity contribution in [3.8, 4) is 0 Å². The number of hydrogen-bond acceptors (Lipinski definition) is 4. The van der Waals surface area contributed by atoms with Gasteiger partial charge in [0.25, 0.3) is 0 Å². The lowest BCUT2D eigenvalue weighted by atomic mass is 9.90. The van der Waals surface area contributed by atoms with Gasteiger partial charge in [-0.25, -0.2) is 0 Å². The summed E-state index contributed by atoms with van der Waals surface area (Å²) in [6.45, 7) is 12.9. The highest BCUT2D eigenvalue weighted by atomic mass is 16.7. The van der Waals surface area contributed by atoms with Gasteiger partial charge in [0, 0.05) is 19.6 Å². The van der Waals surface area contributed by atoms with Crippen LogP contribution in [0.5, 0.6) is 0 Å². The molecule has 0 N–H and O–H groups in total. The average molecular weight is 253 g/mol. The van der Waals surface area contributed by atoms with E-state index in [1.807, 2.05) is 5.98 Å². The predicted octanol–water partition coefficient (Wildman–Crippen LogP) is 1.51. The van der Waals surface area contributed by atoms with E-state index >= 15 is 0 Å². The maximum atomic E-state index is 5.90. The predicted molar refractivity (Wildman–Crippen MR) is 72.5 cm³/mol. The van der Waals surface area contributed by atoms with Gasteiger partial charge in [0.05, 0.1) is 24.4 Å². The first-order chi connectivity index (χ1) is 8.41. The summed E-state index contributed by atoms with van der Waals surface area (Å²) < 4.78 is 17.1. The van der Waals surface area contributed by atoms with E-state index in [0.717, 1.165) is 32.8 Å². The Kier molecular flexibility index (Phi) is 4.16. The van der Waals surface area contributed by atoms with Gasteiger partial charge in [-0.15, -0.1) is 0 Å². The summed E-state index contributed by atoms with van der Waals surface area (Å²) in [6, 6.07) is 0. The Morgan fingerprint density at radius 3 is 2.17 bits per heavy atom. The zero-order valence-electron chi connectivity index (χ0n) is 11.9. The van der Waals surface area contributed by atoms with Crippen LogP contribution in [0.4, 0.5) is 0 Å². The maximum absolute atomic E-state index is 5.90. The Morgan fingerprint density at radius 2 is 1.61 bits per heavy atom. The Balaban J connectivity index is 1.80. The van der Waals surface area contributed by atoms with Crippen molar-refractivity contribution >= 4 is 7.12 Å². The summed E-state index contributed by atoms with van der Waals surface area (Å²) in [7, 11) is -0.226. The molecule has 2 aliphatic heterocycles. The fourth-order valence-corrected chi connectivity index (χ4v) is 2.07. The number of hydrogen-bond donors (Lipinski definition) is 0. The SMILES string of the molecule is CC1(C)OB(/C=C/CN2CCOCC2)OC1(C)C. The quantitative estimate of drug-likeness (QED) is 0.713. The van der Waals surface area contributed by atoms with Gasteiger partial charge in [-0.3, -0.25) is 4.90 Å². The second-order valence-corrected chi connectivity index (χ2v) is 5.97. The molecule has 0 saturated carbocycles. The summed E-state index contributed by atoms with van der Waals surface area (Å²) in [6.07, 6.45) is 2.13. The van der Waals surface area contributed by atoms with Crippen molar-refractivity contribution in [2.45, 2.75) is 38.9 Å². The van der Waals surface area contributed by atoms with E-state index < -0.39 is 0 Å². The van der Waals surface area contributed by atoms with Gasteiger partial charge in [0.2, 0.25) is 0 Å². The van der Waals surface area contributed by atoms with Crippen LogP contribution in [0.2, 0.25) is 0 Å². The summed E-state index contributed by atoms with van der Waals surface area (Å²) >= 11 is 0. The Labute approximate surface area is 110 Å². The highest BCUT2D eigenvalue weighted by Crippen LogP contribution is 2.36. The topological polar surface area (TPSA) is 30.9 Å². The highest BCUT2D eigenvalue weighted by Gasteiger charge is 2.49. The number of ether oxygens (including phenoxy) is 1. The Hall–Kier alpha value is -0.355. The van der Waals surface area contributed by atoms with E-state index in [-0.39, 0.29) is 18.3 Å². The maximum Gasteiger partial charge on any atom is 0.486 e. The third kappa shape index (κ3) is 3.15. The number of nitrogens with zero attached hydrogens (tertiary/aromatic N) is 1. The molecule has 0 radical (unpaired) electrons. The monoisotopic (exact) mass is 253 g/mol. The second kappa shape index (κ2) is 5.33. The molecule has 0 aliphatic carbocycles. The van der Waals surface area contributed by atoms with Gasteiger partial charge in [0.1, 0.15) is 0 Å². The van der Waals surface area contributed by atoms with Crippen molar-refractivity contribution in [1.29, 1.82) is 0 Å². The molecular weight excluding hydrogens is 229 g/mol. The highest BCUT2D eigenvalue weighted by molar-refractivity contribution is 6.51. The van der Waals surface area contributed by atoms with Gasteiger partial charge >= 0.3 is 7.12 Å². The van der Waals surface area contributed by atoms with E-state index in [1.54, 1.807) is 0 Å². The molecule has 2 heterocycles. The van der Waals surface area contributed by atoms with Gasteiger partial charge < -0.3 is 14.0 Å². The molecule has 0 atom stereocenters. The van der Waals surface area contributed by atoms with Crippen LogP contribution >= 0.6 is 0 Å². The molecule has 0 spiro atoms. The van der Waals surface area contributed by atoms with E-state index in [0.29, 0.717) is 0 Å². The van der Waals surface area contributed by atoms with Crippen LogP contribution in [0.1, 0.15) is 27.7 Å². The molecule has 0 unspecified atom stereocenters. The van der Waals surface area contributed by atoms with Gasteiger partial charge in [0.15, 0.2) is 0 Å². The molecule has 0 aromatic rings. The van der Waals surface area contributed by atoms with E-state index in [4.69, 9.17) is 14.0 Å². The van der Waals surface area contributed by atoms with E-state index in [9.17, 15) is 0 Å². The third-order valence-electron chi connectivity index (χ3n) is 4.03. The van der Waals surface area contributed by atoms with Crippen LogP contribution in [0.3, 0.4) is 0 Å². The van der Waals surface area contributed by atoms with Crippen molar-refractivity contribution < 1.29 is 14.0 Å². The number of morpholine rings is 1. The molecule has 18 heavy (non-hydrogen) atoms. The Bertz CT molecular complexity index is 295. The van der Waals surface area contributed by atoms with Crippen LogP contribution in [0.25, 0.3) is 0 Å². The lowest BCUT2D eigenvalue weighted by Crippen LogP contribution is -2.41. The van der Waals surface area contributed by atoms with Crippen LogP contribution in [-0.2, 0) is 14.0 Å². The molecule has 2 saturated heterocycles. The summed E-state index contributed by atoms with van der Waals surface area (Å²) in [5.74, 6) is 2.02. The first-order valence-electron chi connectivity index (χ1n) is 6.73. The van der Waals surface area contributed by atoms with Crippen molar-refractivity contribution in [2.75, 3.05) is 32.8 Å². The smallest absolute Gasteiger partial charge is 0.400 e. The fourth-order valence-electron chi connectivity index (χ4n) is 2.07. The lowest BCUT2D eigenvalue weighted by Gasteiger charge is -2.32. The largest absolute Gasteiger partial charge is 0.486 e. The third-order valence-corrected chi connectivity index (χ3v) is 4.03. The molecule has 0 aromatic heterocycles. The molecule has 5 heteroatoms. The van der Waals surface area contributed by atoms with Crippen molar-refractivity contribution in [3.63, 3.8) is 0 Å². The van der Waals surface area contributed by atoms with E-state index in [1.165, 1.54) is 0 Å². The van der Waals surface area contributed by atoms with Crippen LogP contribution < -0.4 is 0 Å². The standard InChI is InChI=1S/C13H24BNO3/c1-12(2)13(3,4)18-14(17-12)6-5-7-15-8-10-16-11-9-15/h5-6H,7-11H2,1-4H3/b6-5+. The molecular formula is C13H24BNO3. The summed E-state index contributed by atoms with van der Waals surface area (Å²) in [5, 5.41) is 0. The first-order valence-corrected chi connectivity index (χ1v) is 6.73. The zero-order chi connectivity index (χ0) is 13.2. The zero-order valence-corrected chi connectivity index (χ0v) is 11.9. The van der Waals surface area contributed by atoms with Crippen molar-refractivity contribution in [2.24, 2.45) is 0 Å². The van der Waals surface area contributed by atoms with Crippen molar-refractivity contribution in [3.05, 3.63) is 12.1 Å². The molecule has 2 aliphatic rings. The van der Waals surface area contributed by atoms with Crippen LogP contribution in [0, 0.1) is 0 Å². The Morgan fingerprint density at radius 1 is 1.06 bits per heavy atom. The van der Waals surface area contributed by atoms with Gasteiger partial charge in [-0.2, -0.15) is 0 Å². The fraction of sp³-hybridized carbons (Fsp3) is 0.846. The van der Waals surface area contributed by atoms with Crippen LogP contribution in [0.15, 0.2) is 12.1 Å².